The van der Waals surface area contributed by atoms with E-state index in [-0.39, 0.29) is 30.9 Å². The molecule has 132 valence electrons. The van der Waals surface area contributed by atoms with Gasteiger partial charge in [0.15, 0.2) is 0 Å². The van der Waals surface area contributed by atoms with Crippen LogP contribution in [0.5, 0.6) is 0 Å². The molecule has 0 aromatic carbocycles. The van der Waals surface area contributed by atoms with E-state index in [4.69, 9.17) is 5.11 Å². The van der Waals surface area contributed by atoms with E-state index in [1.165, 1.54) is 0 Å². The minimum atomic E-state index is -0.709. The molecule has 0 spiro atoms. The average molecular weight is 325 g/mol. The number of nitrogens with one attached hydrogen (secondary N) is 1. The molecule has 2 aliphatic rings. The Kier molecular flexibility index (Phi) is 7.34. The highest BCUT2D eigenvalue weighted by Gasteiger charge is 2.29. The number of hydrogen-bond acceptors (Lipinski definition) is 3. The van der Waals surface area contributed by atoms with Crippen LogP contribution in [0.1, 0.15) is 70.6 Å². The number of rotatable bonds is 7. The van der Waals surface area contributed by atoms with Gasteiger partial charge in [-0.25, -0.2) is 0 Å². The van der Waals surface area contributed by atoms with Crippen molar-refractivity contribution < 1.29 is 19.8 Å². The summed E-state index contributed by atoms with van der Waals surface area (Å²) in [6.07, 6.45) is 10.1. The molecule has 0 saturated heterocycles. The van der Waals surface area contributed by atoms with Crippen molar-refractivity contribution >= 4 is 11.9 Å². The van der Waals surface area contributed by atoms with Crippen LogP contribution >= 0.6 is 0 Å². The molecule has 0 aromatic rings. The molecule has 2 atom stereocenters. The predicted octanol–water partition coefficient (Wildman–Crippen LogP) is 2.72. The minimum absolute atomic E-state index is 0.0780. The maximum absolute atomic E-state index is 12.4. The minimum Gasteiger partial charge on any atom is -0.481 e. The number of carbonyl (C=O) groups excluding carboxylic acids is 1. The van der Waals surface area contributed by atoms with Crippen LogP contribution < -0.4 is 5.32 Å². The van der Waals surface area contributed by atoms with Crippen molar-refractivity contribution in [2.45, 2.75) is 76.7 Å². The molecular weight excluding hydrogens is 294 g/mol. The van der Waals surface area contributed by atoms with Crippen LogP contribution in [0.15, 0.2) is 0 Å². The predicted molar refractivity (Wildman–Crippen MR) is 87.9 cm³/mol. The highest BCUT2D eigenvalue weighted by Crippen LogP contribution is 2.31. The van der Waals surface area contributed by atoms with Gasteiger partial charge in [0.2, 0.25) is 5.91 Å². The zero-order valence-electron chi connectivity index (χ0n) is 14.0. The van der Waals surface area contributed by atoms with Gasteiger partial charge in [0, 0.05) is 25.0 Å². The van der Waals surface area contributed by atoms with Gasteiger partial charge < -0.3 is 15.5 Å². The molecule has 2 fully saturated rings. The number of aliphatic carboxylic acids is 1. The van der Waals surface area contributed by atoms with E-state index in [2.05, 4.69) is 5.32 Å². The third-order valence-electron chi connectivity index (χ3n) is 5.61. The first-order valence-corrected chi connectivity index (χ1v) is 9.21. The number of carboxylic acids is 1. The van der Waals surface area contributed by atoms with E-state index >= 15 is 0 Å². The molecule has 5 heteroatoms. The van der Waals surface area contributed by atoms with Crippen molar-refractivity contribution in [3.8, 4) is 0 Å². The van der Waals surface area contributed by atoms with E-state index in [1.807, 2.05) is 0 Å². The number of carbonyl (C=O) groups is 2. The van der Waals surface area contributed by atoms with E-state index < -0.39 is 5.97 Å². The molecule has 3 N–H and O–H groups in total. The SMILES string of the molecule is O=C(O)CCCC1CCC(NC(=O)C2CCCC(CO)C2)CC1. The van der Waals surface area contributed by atoms with Gasteiger partial charge in [-0.1, -0.05) is 6.42 Å². The van der Waals surface area contributed by atoms with Crippen LogP contribution in [-0.2, 0) is 9.59 Å². The molecule has 1 amide bonds. The summed E-state index contributed by atoms with van der Waals surface area (Å²) in [4.78, 5) is 22.9. The quantitative estimate of drug-likeness (QED) is 0.672. The van der Waals surface area contributed by atoms with Crippen LogP contribution in [0.3, 0.4) is 0 Å². The molecule has 2 unspecified atom stereocenters. The smallest absolute Gasteiger partial charge is 0.303 e. The van der Waals surface area contributed by atoms with Gasteiger partial charge in [-0.2, -0.15) is 0 Å². The first kappa shape index (κ1) is 18.2. The summed E-state index contributed by atoms with van der Waals surface area (Å²) in [5, 5.41) is 21.2. The van der Waals surface area contributed by atoms with Crippen LogP contribution in [0, 0.1) is 17.8 Å². The standard InChI is InChI=1S/C18H31NO4/c20-12-14-4-1-5-15(11-14)18(23)19-16-9-7-13(8-10-16)3-2-6-17(21)22/h13-16,20H,1-12H2,(H,19,23)(H,21,22). The lowest BCUT2D eigenvalue weighted by molar-refractivity contribution is -0.137. The highest BCUT2D eigenvalue weighted by molar-refractivity contribution is 5.79. The lowest BCUT2D eigenvalue weighted by atomic mass is 9.80. The molecule has 0 radical (unpaired) electrons. The van der Waals surface area contributed by atoms with Gasteiger partial charge in [0.1, 0.15) is 0 Å². The summed E-state index contributed by atoms with van der Waals surface area (Å²) in [6, 6.07) is 0.285. The molecular formula is C18H31NO4. The lowest BCUT2D eigenvalue weighted by Gasteiger charge is -2.32. The monoisotopic (exact) mass is 325 g/mol. The van der Waals surface area contributed by atoms with Gasteiger partial charge >= 0.3 is 5.97 Å². The number of carboxylic acid groups (broad SMARTS) is 1. The number of aliphatic hydroxyl groups excluding tert-OH is 1. The summed E-state index contributed by atoms with van der Waals surface area (Å²) in [5.41, 5.74) is 0. The Hall–Kier alpha value is -1.10. The van der Waals surface area contributed by atoms with Crippen molar-refractivity contribution in [3.05, 3.63) is 0 Å². The van der Waals surface area contributed by atoms with Crippen molar-refractivity contribution in [2.24, 2.45) is 17.8 Å². The molecule has 0 aliphatic heterocycles. The van der Waals surface area contributed by atoms with Crippen LogP contribution in [0.25, 0.3) is 0 Å². The summed E-state index contributed by atoms with van der Waals surface area (Å²) < 4.78 is 0. The van der Waals surface area contributed by atoms with Crippen LogP contribution in [0.4, 0.5) is 0 Å². The largest absolute Gasteiger partial charge is 0.481 e. The number of hydrogen-bond donors (Lipinski definition) is 3. The van der Waals surface area contributed by atoms with Crippen molar-refractivity contribution in [2.75, 3.05) is 6.61 Å². The fourth-order valence-electron chi connectivity index (χ4n) is 4.15. The molecule has 2 saturated carbocycles. The maximum atomic E-state index is 12.4. The number of amides is 1. The van der Waals surface area contributed by atoms with Crippen LogP contribution in [-0.4, -0.2) is 34.7 Å². The summed E-state index contributed by atoms with van der Waals surface area (Å²) in [6.45, 7) is 0.200. The Balaban J connectivity index is 1.65. The Morgan fingerprint density at radius 1 is 1.00 bits per heavy atom. The first-order valence-electron chi connectivity index (χ1n) is 9.21. The Morgan fingerprint density at radius 3 is 2.39 bits per heavy atom. The van der Waals surface area contributed by atoms with Gasteiger partial charge in [-0.05, 0) is 69.6 Å². The summed E-state index contributed by atoms with van der Waals surface area (Å²) in [5.74, 6) is 0.465. The topological polar surface area (TPSA) is 86.6 Å². The normalized spacial score (nSPS) is 31.5. The second-order valence-electron chi connectivity index (χ2n) is 7.42. The summed E-state index contributed by atoms with van der Waals surface area (Å²) in [7, 11) is 0. The molecule has 2 aliphatic carbocycles. The van der Waals surface area contributed by atoms with E-state index in [9.17, 15) is 14.7 Å². The van der Waals surface area contributed by atoms with Gasteiger partial charge in [0.05, 0.1) is 0 Å². The Bertz CT molecular complexity index is 390. The maximum Gasteiger partial charge on any atom is 0.303 e. The highest BCUT2D eigenvalue weighted by atomic mass is 16.4. The fourth-order valence-corrected chi connectivity index (χ4v) is 4.15. The zero-order chi connectivity index (χ0) is 16.7. The second-order valence-corrected chi connectivity index (χ2v) is 7.42. The fraction of sp³-hybridized carbons (Fsp3) is 0.889. The molecule has 2 rings (SSSR count). The third kappa shape index (κ3) is 6.13. The summed E-state index contributed by atoms with van der Waals surface area (Å²) >= 11 is 0. The van der Waals surface area contributed by atoms with E-state index in [0.717, 1.165) is 64.2 Å². The zero-order valence-corrected chi connectivity index (χ0v) is 14.0. The Morgan fingerprint density at radius 2 is 1.74 bits per heavy atom. The lowest BCUT2D eigenvalue weighted by Crippen LogP contribution is -2.42. The Labute approximate surface area is 138 Å². The second kappa shape index (κ2) is 9.26. The molecule has 23 heavy (non-hydrogen) atoms. The van der Waals surface area contributed by atoms with E-state index in [0.29, 0.717) is 11.8 Å². The van der Waals surface area contributed by atoms with Crippen molar-refractivity contribution in [3.63, 3.8) is 0 Å². The first-order chi connectivity index (χ1) is 11.1. The van der Waals surface area contributed by atoms with Crippen LogP contribution in [0.2, 0.25) is 0 Å². The van der Waals surface area contributed by atoms with E-state index in [1.54, 1.807) is 0 Å². The third-order valence-corrected chi connectivity index (χ3v) is 5.61. The molecule has 0 bridgehead atoms. The molecule has 0 heterocycles. The van der Waals surface area contributed by atoms with Gasteiger partial charge in [0.25, 0.3) is 0 Å². The molecule has 0 aromatic heterocycles. The van der Waals surface area contributed by atoms with Gasteiger partial charge in [-0.15, -0.1) is 0 Å². The van der Waals surface area contributed by atoms with Gasteiger partial charge in [-0.3, -0.25) is 9.59 Å². The van der Waals surface area contributed by atoms with Crippen molar-refractivity contribution in [1.29, 1.82) is 0 Å². The average Bonchev–Trinajstić information content (AvgIpc) is 2.56. The number of aliphatic hydroxyl groups is 1. The molecule has 5 nitrogen and oxygen atoms in total. The van der Waals surface area contributed by atoms with Crippen molar-refractivity contribution in [1.82, 2.24) is 5.32 Å².